The van der Waals surface area contributed by atoms with E-state index in [4.69, 9.17) is 5.73 Å². The summed E-state index contributed by atoms with van der Waals surface area (Å²) in [5, 5.41) is 4.36. The Morgan fingerprint density at radius 3 is 2.96 bits per heavy atom. The fourth-order valence-electron chi connectivity index (χ4n) is 2.59. The zero-order valence-electron chi connectivity index (χ0n) is 14.5. The number of allylic oxidation sites excluding steroid dienone is 1. The second-order valence-corrected chi connectivity index (χ2v) is 5.88. The van der Waals surface area contributed by atoms with Gasteiger partial charge in [0.1, 0.15) is 11.5 Å². The van der Waals surface area contributed by atoms with E-state index in [0.29, 0.717) is 6.54 Å². The second-order valence-electron chi connectivity index (χ2n) is 5.88. The molecule has 0 fully saturated rings. The Balaban J connectivity index is 1.63. The molecule has 0 bridgehead atoms. The van der Waals surface area contributed by atoms with Crippen LogP contribution in [0.2, 0.25) is 0 Å². The molecule has 6 heteroatoms. The van der Waals surface area contributed by atoms with Crippen LogP contribution < -0.4 is 11.1 Å². The standard InChI is InChI=1S/C19H22N6/c1-13(21-2)8-16(20)12-24-18-6-5-14(10-23-18)9-15-11-25-19-17(15)4-3-7-22-19/h3-8,10-11H,9,12,20H2,1-2H3,(H,22,25)(H,23,24). The van der Waals surface area contributed by atoms with Crippen LogP contribution >= 0.6 is 0 Å². The molecule has 3 heterocycles. The molecule has 0 amide bonds. The topological polar surface area (TPSA) is 92.0 Å². The average molecular weight is 334 g/mol. The van der Waals surface area contributed by atoms with Crippen LogP contribution in [0.4, 0.5) is 5.82 Å². The number of aliphatic imine (C=N–C) groups is 1. The van der Waals surface area contributed by atoms with E-state index in [2.05, 4.69) is 37.4 Å². The highest BCUT2D eigenvalue weighted by atomic mass is 15.0. The summed E-state index contributed by atoms with van der Waals surface area (Å²) in [5.41, 5.74) is 10.8. The van der Waals surface area contributed by atoms with Gasteiger partial charge in [0.25, 0.3) is 0 Å². The molecule has 0 aliphatic rings. The van der Waals surface area contributed by atoms with E-state index < -0.39 is 0 Å². The van der Waals surface area contributed by atoms with Crippen LogP contribution in [0.15, 0.2) is 59.6 Å². The van der Waals surface area contributed by atoms with Crippen molar-refractivity contribution in [1.29, 1.82) is 0 Å². The van der Waals surface area contributed by atoms with Gasteiger partial charge in [-0.15, -0.1) is 0 Å². The molecule has 0 aliphatic heterocycles. The molecule has 128 valence electrons. The number of pyridine rings is 2. The van der Waals surface area contributed by atoms with Crippen LogP contribution in [-0.2, 0) is 6.42 Å². The Morgan fingerprint density at radius 2 is 2.20 bits per heavy atom. The molecule has 6 nitrogen and oxygen atoms in total. The maximum atomic E-state index is 5.95. The SMILES string of the molecule is CN=C(C)C=C(N)CNc1ccc(Cc2c[nH]c3ncccc23)cn1. The van der Waals surface area contributed by atoms with Crippen LogP contribution in [0.3, 0.4) is 0 Å². The third kappa shape index (κ3) is 4.23. The maximum absolute atomic E-state index is 5.95. The fraction of sp³-hybridized carbons (Fsp3) is 0.211. The van der Waals surface area contributed by atoms with E-state index in [1.807, 2.05) is 37.5 Å². The number of nitrogens with one attached hydrogen (secondary N) is 2. The normalized spacial score (nSPS) is 12.6. The average Bonchev–Trinajstić information content (AvgIpc) is 3.04. The summed E-state index contributed by atoms with van der Waals surface area (Å²) in [6.45, 7) is 2.45. The van der Waals surface area contributed by atoms with E-state index in [0.717, 1.165) is 40.2 Å². The van der Waals surface area contributed by atoms with Crippen molar-refractivity contribution in [3.8, 4) is 0 Å². The van der Waals surface area contributed by atoms with E-state index >= 15 is 0 Å². The van der Waals surface area contributed by atoms with Crippen molar-refractivity contribution in [1.82, 2.24) is 15.0 Å². The lowest BCUT2D eigenvalue weighted by Crippen LogP contribution is -2.13. The number of hydrogen-bond donors (Lipinski definition) is 3. The first kappa shape index (κ1) is 16.7. The highest BCUT2D eigenvalue weighted by molar-refractivity contribution is 5.93. The van der Waals surface area contributed by atoms with Gasteiger partial charge in [-0.25, -0.2) is 9.97 Å². The van der Waals surface area contributed by atoms with Gasteiger partial charge >= 0.3 is 0 Å². The van der Waals surface area contributed by atoms with Gasteiger partial charge in [0, 0.05) is 48.9 Å². The first-order valence-electron chi connectivity index (χ1n) is 8.15. The Morgan fingerprint density at radius 1 is 1.32 bits per heavy atom. The van der Waals surface area contributed by atoms with Gasteiger partial charge in [-0.3, -0.25) is 4.99 Å². The molecule has 25 heavy (non-hydrogen) atoms. The summed E-state index contributed by atoms with van der Waals surface area (Å²) < 4.78 is 0. The Labute approximate surface area is 146 Å². The zero-order valence-corrected chi connectivity index (χ0v) is 14.5. The first-order chi connectivity index (χ1) is 12.2. The van der Waals surface area contributed by atoms with Gasteiger partial charge in [0.15, 0.2) is 0 Å². The lowest BCUT2D eigenvalue weighted by Gasteiger charge is -2.07. The molecule has 3 rings (SSSR count). The number of anilines is 1. The summed E-state index contributed by atoms with van der Waals surface area (Å²) in [6, 6.07) is 8.07. The largest absolute Gasteiger partial charge is 0.401 e. The molecule has 0 saturated carbocycles. The lowest BCUT2D eigenvalue weighted by atomic mass is 10.1. The van der Waals surface area contributed by atoms with Gasteiger partial charge in [-0.1, -0.05) is 6.07 Å². The minimum absolute atomic E-state index is 0.535. The van der Waals surface area contributed by atoms with Crippen molar-refractivity contribution in [2.75, 3.05) is 18.9 Å². The van der Waals surface area contributed by atoms with Crippen LogP contribution in [0.5, 0.6) is 0 Å². The monoisotopic (exact) mass is 334 g/mol. The van der Waals surface area contributed by atoms with Crippen LogP contribution in [0, 0.1) is 0 Å². The first-order valence-corrected chi connectivity index (χ1v) is 8.15. The number of H-pyrrole nitrogens is 1. The summed E-state index contributed by atoms with van der Waals surface area (Å²) >= 11 is 0. The molecule has 3 aromatic heterocycles. The Bertz CT molecular complexity index is 905. The molecule has 0 unspecified atom stereocenters. The second kappa shape index (κ2) is 7.61. The Hall–Kier alpha value is -3.15. The molecule has 4 N–H and O–H groups in total. The fourth-order valence-corrected chi connectivity index (χ4v) is 2.59. The van der Waals surface area contributed by atoms with Gasteiger partial charge < -0.3 is 16.0 Å². The summed E-state index contributed by atoms with van der Waals surface area (Å²) in [5.74, 6) is 0.798. The van der Waals surface area contributed by atoms with Crippen molar-refractivity contribution in [3.05, 3.63) is 65.8 Å². The molecule has 0 radical (unpaired) electrons. The van der Waals surface area contributed by atoms with Gasteiger partial charge in [-0.2, -0.15) is 0 Å². The highest BCUT2D eigenvalue weighted by Crippen LogP contribution is 2.19. The summed E-state index contributed by atoms with van der Waals surface area (Å²) in [7, 11) is 1.75. The Kier molecular flexibility index (Phi) is 5.09. The van der Waals surface area contributed by atoms with Crippen molar-refractivity contribution in [3.63, 3.8) is 0 Å². The molecular weight excluding hydrogens is 312 g/mol. The molecule has 3 aromatic rings. The van der Waals surface area contributed by atoms with Crippen LogP contribution in [0.1, 0.15) is 18.1 Å². The third-order valence-electron chi connectivity index (χ3n) is 3.98. The van der Waals surface area contributed by atoms with Crippen LogP contribution in [-0.4, -0.2) is 34.3 Å². The molecule has 0 saturated heterocycles. The van der Waals surface area contributed by atoms with Gasteiger partial charge in [0.2, 0.25) is 0 Å². The quantitative estimate of drug-likeness (QED) is 0.604. The van der Waals surface area contributed by atoms with Crippen molar-refractivity contribution in [2.45, 2.75) is 13.3 Å². The maximum Gasteiger partial charge on any atom is 0.137 e. The van der Waals surface area contributed by atoms with Crippen molar-refractivity contribution >= 4 is 22.6 Å². The number of aromatic nitrogens is 3. The number of nitrogens with zero attached hydrogens (tertiary/aromatic N) is 3. The van der Waals surface area contributed by atoms with Crippen molar-refractivity contribution in [2.24, 2.45) is 10.7 Å². The summed E-state index contributed by atoms with van der Waals surface area (Å²) in [6.07, 6.45) is 8.35. The number of aromatic amines is 1. The minimum atomic E-state index is 0.535. The molecular formula is C19H22N6. The summed E-state index contributed by atoms with van der Waals surface area (Å²) in [4.78, 5) is 16.0. The van der Waals surface area contributed by atoms with Gasteiger partial charge in [0.05, 0.1) is 6.54 Å². The van der Waals surface area contributed by atoms with Crippen molar-refractivity contribution < 1.29 is 0 Å². The zero-order chi connectivity index (χ0) is 17.6. The number of rotatable bonds is 6. The third-order valence-corrected chi connectivity index (χ3v) is 3.98. The number of fused-ring (bicyclic) bond motifs is 1. The molecule has 0 spiro atoms. The van der Waals surface area contributed by atoms with E-state index in [1.165, 1.54) is 5.56 Å². The van der Waals surface area contributed by atoms with Gasteiger partial charge in [-0.05, 0) is 42.3 Å². The predicted octanol–water partition coefficient (Wildman–Crippen LogP) is 2.89. The lowest BCUT2D eigenvalue weighted by molar-refractivity contribution is 1.11. The molecule has 0 aromatic carbocycles. The molecule has 0 atom stereocenters. The smallest absolute Gasteiger partial charge is 0.137 e. The van der Waals surface area contributed by atoms with E-state index in [1.54, 1.807) is 13.2 Å². The van der Waals surface area contributed by atoms with Crippen LogP contribution in [0.25, 0.3) is 11.0 Å². The molecule has 0 aliphatic carbocycles. The van der Waals surface area contributed by atoms with E-state index in [9.17, 15) is 0 Å². The number of nitrogens with two attached hydrogens (primary N) is 1. The number of hydrogen-bond acceptors (Lipinski definition) is 5. The minimum Gasteiger partial charge on any atom is -0.401 e. The highest BCUT2D eigenvalue weighted by Gasteiger charge is 2.05. The predicted molar refractivity (Wildman–Crippen MR) is 103 cm³/mol. The van der Waals surface area contributed by atoms with E-state index in [-0.39, 0.29) is 0 Å².